The van der Waals surface area contributed by atoms with E-state index in [4.69, 9.17) is 20.7 Å². The van der Waals surface area contributed by atoms with E-state index in [1.54, 1.807) is 0 Å². The summed E-state index contributed by atoms with van der Waals surface area (Å²) in [6.45, 7) is 1.81. The molecule has 2 atom stereocenters. The number of hydrogen-bond donors (Lipinski definition) is 4. The van der Waals surface area contributed by atoms with Crippen molar-refractivity contribution in [2.75, 3.05) is 0 Å². The van der Waals surface area contributed by atoms with Crippen molar-refractivity contribution in [3.05, 3.63) is 0 Å². The van der Waals surface area contributed by atoms with Gasteiger partial charge in [0.15, 0.2) is 0 Å². The van der Waals surface area contributed by atoms with Gasteiger partial charge in [-0.05, 0) is 13.8 Å². The van der Waals surface area contributed by atoms with Crippen LogP contribution in [-0.4, -0.2) is 32.3 Å². The van der Waals surface area contributed by atoms with E-state index in [2.05, 4.69) is 9.78 Å². The van der Waals surface area contributed by atoms with Gasteiger partial charge >= 0.3 is 0 Å². The average Bonchev–Trinajstić information content (AvgIpc) is 1.88. The molecule has 0 aliphatic heterocycles. The summed E-state index contributed by atoms with van der Waals surface area (Å²) in [5, 5.41) is 33.6. The van der Waals surface area contributed by atoms with Gasteiger partial charge in [-0.15, -0.1) is 0 Å². The molecule has 0 saturated heterocycles. The molecule has 0 aromatic carbocycles. The Hall–Kier alpha value is -0.240. The predicted octanol–water partition coefficient (Wildman–Crippen LogP) is -0.617. The van der Waals surface area contributed by atoms with Crippen LogP contribution >= 0.6 is 0 Å². The summed E-state index contributed by atoms with van der Waals surface area (Å²) in [7, 11) is 0. The van der Waals surface area contributed by atoms with Gasteiger partial charge in [-0.25, -0.2) is 10.5 Å². The topological polar surface area (TPSA) is 99.4 Å². The third-order valence-electron chi connectivity index (χ3n) is 1.22. The molecule has 0 aromatic heterocycles. The van der Waals surface area contributed by atoms with Crippen molar-refractivity contribution < 1.29 is 30.5 Å². The molecule has 0 saturated carbocycles. The van der Waals surface area contributed by atoms with E-state index in [1.807, 2.05) is 0 Å². The van der Waals surface area contributed by atoms with Gasteiger partial charge in [0.25, 0.3) is 11.6 Å². The molecule has 0 fully saturated rings. The van der Waals surface area contributed by atoms with Crippen LogP contribution in [0.1, 0.15) is 13.8 Å². The van der Waals surface area contributed by atoms with Crippen LogP contribution < -0.4 is 0 Å². The van der Waals surface area contributed by atoms with Gasteiger partial charge in [-0.3, -0.25) is 0 Å². The van der Waals surface area contributed by atoms with Gasteiger partial charge in [-0.2, -0.15) is 9.78 Å². The van der Waals surface area contributed by atoms with Crippen LogP contribution in [-0.2, 0) is 9.78 Å². The Balaban J connectivity index is 4.28. The zero-order valence-electron chi connectivity index (χ0n) is 5.61. The molecule has 0 rings (SSSR count). The standard InChI is InChI=1S/C4H10O6/c1-3(5,9-7)4(2,6)10-8/h5-8H,1-2H3. The van der Waals surface area contributed by atoms with E-state index in [0.29, 0.717) is 0 Å². The van der Waals surface area contributed by atoms with Gasteiger partial charge in [0, 0.05) is 0 Å². The maximum absolute atomic E-state index is 8.84. The van der Waals surface area contributed by atoms with Crippen molar-refractivity contribution in [1.29, 1.82) is 0 Å². The molecular formula is C4H10O6. The van der Waals surface area contributed by atoms with Crippen LogP contribution in [0.2, 0.25) is 0 Å². The van der Waals surface area contributed by atoms with Crippen molar-refractivity contribution in [3.8, 4) is 0 Å². The van der Waals surface area contributed by atoms with E-state index in [-0.39, 0.29) is 0 Å². The Labute approximate surface area is 57.1 Å². The highest BCUT2D eigenvalue weighted by Crippen LogP contribution is 2.22. The molecule has 0 bridgehead atoms. The molecule has 10 heavy (non-hydrogen) atoms. The first-order valence-corrected chi connectivity index (χ1v) is 2.47. The van der Waals surface area contributed by atoms with Crippen molar-refractivity contribution in [2.45, 2.75) is 25.4 Å². The summed E-state index contributed by atoms with van der Waals surface area (Å²) in [4.78, 5) is 6.83. The summed E-state index contributed by atoms with van der Waals surface area (Å²) in [5.74, 6) is -4.75. The lowest BCUT2D eigenvalue weighted by Gasteiger charge is -2.31. The van der Waals surface area contributed by atoms with Crippen LogP contribution in [0, 0.1) is 0 Å². The molecule has 4 N–H and O–H groups in total. The second kappa shape index (κ2) is 2.79. The molecule has 0 aliphatic rings. The zero-order valence-corrected chi connectivity index (χ0v) is 5.61. The van der Waals surface area contributed by atoms with Crippen molar-refractivity contribution in [2.24, 2.45) is 0 Å². The Morgan fingerprint density at radius 1 is 0.900 bits per heavy atom. The summed E-state index contributed by atoms with van der Waals surface area (Å²) in [6, 6.07) is 0. The third kappa shape index (κ3) is 1.63. The monoisotopic (exact) mass is 154 g/mol. The quantitative estimate of drug-likeness (QED) is 0.245. The fraction of sp³-hybridized carbons (Fsp3) is 1.00. The van der Waals surface area contributed by atoms with Gasteiger partial charge in [-0.1, -0.05) is 0 Å². The van der Waals surface area contributed by atoms with Crippen LogP contribution in [0.25, 0.3) is 0 Å². The minimum atomic E-state index is -2.37. The smallest absolute Gasteiger partial charge is 0.253 e. The highest BCUT2D eigenvalue weighted by molar-refractivity contribution is 4.73. The predicted molar refractivity (Wildman–Crippen MR) is 28.7 cm³/mol. The number of aliphatic hydroxyl groups is 2. The lowest BCUT2D eigenvalue weighted by Crippen LogP contribution is -2.52. The highest BCUT2D eigenvalue weighted by Gasteiger charge is 2.46. The normalized spacial score (nSPS) is 23.4. The SMILES string of the molecule is CC(O)(OO)C(C)(O)OO. The molecule has 0 amide bonds. The molecule has 0 aliphatic carbocycles. The van der Waals surface area contributed by atoms with Gasteiger partial charge < -0.3 is 10.2 Å². The first-order valence-electron chi connectivity index (χ1n) is 2.47. The van der Waals surface area contributed by atoms with Gasteiger partial charge in [0.2, 0.25) is 0 Å². The third-order valence-corrected chi connectivity index (χ3v) is 1.22. The zero-order chi connectivity index (χ0) is 8.41. The van der Waals surface area contributed by atoms with E-state index in [9.17, 15) is 0 Å². The van der Waals surface area contributed by atoms with Crippen molar-refractivity contribution in [3.63, 3.8) is 0 Å². The molecule has 62 valence electrons. The van der Waals surface area contributed by atoms with Crippen molar-refractivity contribution >= 4 is 0 Å². The molecule has 2 unspecified atom stereocenters. The average molecular weight is 154 g/mol. The lowest BCUT2D eigenvalue weighted by molar-refractivity contribution is -0.515. The second-order valence-corrected chi connectivity index (χ2v) is 2.15. The molecule has 6 heteroatoms. The highest BCUT2D eigenvalue weighted by atomic mass is 17.2. The summed E-state index contributed by atoms with van der Waals surface area (Å²) in [5.41, 5.74) is 0. The molecule has 0 spiro atoms. The minimum Gasteiger partial charge on any atom is -0.359 e. The lowest BCUT2D eigenvalue weighted by atomic mass is 10.1. The Morgan fingerprint density at radius 3 is 1.20 bits per heavy atom. The van der Waals surface area contributed by atoms with Crippen LogP contribution in [0.15, 0.2) is 0 Å². The van der Waals surface area contributed by atoms with Gasteiger partial charge in [0.1, 0.15) is 0 Å². The maximum atomic E-state index is 8.84. The van der Waals surface area contributed by atoms with E-state index in [1.165, 1.54) is 0 Å². The summed E-state index contributed by atoms with van der Waals surface area (Å²) < 4.78 is 0. The molecule has 0 aromatic rings. The minimum absolute atomic E-state index is 0.906. The Morgan fingerprint density at radius 2 is 1.10 bits per heavy atom. The Kier molecular flexibility index (Phi) is 2.72. The summed E-state index contributed by atoms with van der Waals surface area (Å²) >= 11 is 0. The number of hydrogen-bond acceptors (Lipinski definition) is 6. The van der Waals surface area contributed by atoms with Crippen molar-refractivity contribution in [1.82, 2.24) is 0 Å². The second-order valence-electron chi connectivity index (χ2n) is 2.15. The first kappa shape index (κ1) is 9.76. The fourth-order valence-corrected chi connectivity index (χ4v) is 0.169. The fourth-order valence-electron chi connectivity index (χ4n) is 0.169. The maximum Gasteiger partial charge on any atom is 0.253 e. The molecule has 0 heterocycles. The molecule has 0 radical (unpaired) electrons. The Bertz CT molecular complexity index is 94.3. The van der Waals surface area contributed by atoms with E-state index < -0.39 is 11.6 Å². The van der Waals surface area contributed by atoms with E-state index >= 15 is 0 Å². The van der Waals surface area contributed by atoms with E-state index in [0.717, 1.165) is 13.8 Å². The molecule has 6 nitrogen and oxygen atoms in total. The molecular weight excluding hydrogens is 144 g/mol. The first-order chi connectivity index (χ1) is 4.37. The largest absolute Gasteiger partial charge is 0.359 e. The van der Waals surface area contributed by atoms with Crippen LogP contribution in [0.4, 0.5) is 0 Å². The van der Waals surface area contributed by atoms with Crippen LogP contribution in [0.3, 0.4) is 0 Å². The van der Waals surface area contributed by atoms with Gasteiger partial charge in [0.05, 0.1) is 0 Å². The van der Waals surface area contributed by atoms with Crippen LogP contribution in [0.5, 0.6) is 0 Å². The summed E-state index contributed by atoms with van der Waals surface area (Å²) in [6.07, 6.45) is 0. The number of rotatable bonds is 3.